The maximum atomic E-state index is 5.62. The first-order valence-electron chi connectivity index (χ1n) is 4.47. The third-order valence-electron chi connectivity index (χ3n) is 1.76. The van der Waals surface area contributed by atoms with Crippen LogP contribution in [0.25, 0.3) is 0 Å². The highest BCUT2D eigenvalue weighted by Crippen LogP contribution is 2.18. The van der Waals surface area contributed by atoms with Crippen molar-refractivity contribution in [1.82, 2.24) is 19.7 Å². The van der Waals surface area contributed by atoms with Gasteiger partial charge in [-0.1, -0.05) is 0 Å². The van der Waals surface area contributed by atoms with Gasteiger partial charge in [-0.25, -0.2) is 4.98 Å². The molecule has 2 aromatic rings. The SMILES string of the molecule is CCn1cc(Oc2ccnc(Cl)n2)cn1. The molecule has 0 unspecified atom stereocenters. The van der Waals surface area contributed by atoms with Gasteiger partial charge >= 0.3 is 0 Å². The normalized spacial score (nSPS) is 10.3. The highest BCUT2D eigenvalue weighted by Gasteiger charge is 2.02. The van der Waals surface area contributed by atoms with E-state index in [0.717, 1.165) is 6.54 Å². The first-order valence-corrected chi connectivity index (χ1v) is 4.84. The number of halogens is 1. The summed E-state index contributed by atoms with van der Waals surface area (Å²) >= 11 is 5.62. The van der Waals surface area contributed by atoms with E-state index in [-0.39, 0.29) is 5.28 Å². The number of ether oxygens (including phenoxy) is 1. The molecule has 0 aromatic carbocycles. The minimum absolute atomic E-state index is 0.162. The van der Waals surface area contributed by atoms with Crippen LogP contribution in [0.5, 0.6) is 11.6 Å². The zero-order chi connectivity index (χ0) is 10.7. The second-order valence-electron chi connectivity index (χ2n) is 2.80. The average Bonchev–Trinajstić information content (AvgIpc) is 2.65. The van der Waals surface area contributed by atoms with Crippen molar-refractivity contribution in [3.63, 3.8) is 0 Å². The number of rotatable bonds is 3. The van der Waals surface area contributed by atoms with E-state index >= 15 is 0 Å². The number of nitrogens with zero attached hydrogens (tertiary/aromatic N) is 4. The molecule has 0 spiro atoms. The first-order chi connectivity index (χ1) is 7.28. The van der Waals surface area contributed by atoms with Crippen LogP contribution < -0.4 is 4.74 Å². The van der Waals surface area contributed by atoms with Gasteiger partial charge in [0.2, 0.25) is 11.2 Å². The monoisotopic (exact) mass is 224 g/mol. The van der Waals surface area contributed by atoms with Gasteiger partial charge in [-0.3, -0.25) is 4.68 Å². The van der Waals surface area contributed by atoms with Crippen LogP contribution in [0.1, 0.15) is 6.92 Å². The Morgan fingerprint density at radius 2 is 2.40 bits per heavy atom. The molecule has 0 aliphatic rings. The first kappa shape index (κ1) is 9.92. The number of aryl methyl sites for hydroxylation is 1. The molecule has 0 radical (unpaired) electrons. The van der Waals surface area contributed by atoms with Crippen molar-refractivity contribution in [3.8, 4) is 11.6 Å². The number of hydrogen-bond donors (Lipinski definition) is 0. The Hall–Kier alpha value is -1.62. The Morgan fingerprint density at radius 1 is 1.53 bits per heavy atom. The fourth-order valence-electron chi connectivity index (χ4n) is 1.07. The van der Waals surface area contributed by atoms with Crippen molar-refractivity contribution in [2.45, 2.75) is 13.5 Å². The summed E-state index contributed by atoms with van der Waals surface area (Å²) < 4.78 is 7.18. The van der Waals surface area contributed by atoms with Crippen LogP contribution in [-0.4, -0.2) is 19.7 Å². The highest BCUT2D eigenvalue weighted by atomic mass is 35.5. The Kier molecular flexibility index (Phi) is 2.82. The van der Waals surface area contributed by atoms with Gasteiger partial charge in [-0.05, 0) is 18.5 Å². The van der Waals surface area contributed by atoms with Crippen molar-refractivity contribution in [2.24, 2.45) is 0 Å². The number of hydrogen-bond acceptors (Lipinski definition) is 4. The van der Waals surface area contributed by atoms with Gasteiger partial charge in [0, 0.05) is 18.8 Å². The lowest BCUT2D eigenvalue weighted by Gasteiger charge is -2.00. The summed E-state index contributed by atoms with van der Waals surface area (Å²) in [5.41, 5.74) is 0. The van der Waals surface area contributed by atoms with Gasteiger partial charge in [-0.15, -0.1) is 0 Å². The predicted octanol–water partition coefficient (Wildman–Crippen LogP) is 2.14. The lowest BCUT2D eigenvalue weighted by molar-refractivity contribution is 0.460. The van der Waals surface area contributed by atoms with Crippen LogP contribution in [-0.2, 0) is 6.54 Å². The summed E-state index contributed by atoms with van der Waals surface area (Å²) in [6, 6.07) is 1.63. The van der Waals surface area contributed by atoms with Crippen molar-refractivity contribution in [2.75, 3.05) is 0 Å². The maximum absolute atomic E-state index is 5.62. The Bertz CT molecular complexity index is 457. The molecule has 0 saturated carbocycles. The summed E-state index contributed by atoms with van der Waals surface area (Å²) in [6.07, 6.45) is 4.95. The van der Waals surface area contributed by atoms with E-state index in [1.807, 2.05) is 6.92 Å². The van der Waals surface area contributed by atoms with E-state index in [0.29, 0.717) is 11.6 Å². The van der Waals surface area contributed by atoms with E-state index < -0.39 is 0 Å². The summed E-state index contributed by atoms with van der Waals surface area (Å²) in [5.74, 6) is 1.04. The molecule has 15 heavy (non-hydrogen) atoms. The molecule has 0 bridgehead atoms. The van der Waals surface area contributed by atoms with Crippen LogP contribution in [0.3, 0.4) is 0 Å². The maximum Gasteiger partial charge on any atom is 0.225 e. The topological polar surface area (TPSA) is 52.8 Å². The van der Waals surface area contributed by atoms with Crippen molar-refractivity contribution in [3.05, 3.63) is 29.9 Å². The van der Waals surface area contributed by atoms with Crippen molar-refractivity contribution >= 4 is 11.6 Å². The minimum Gasteiger partial charge on any atom is -0.436 e. The Labute approximate surface area is 91.7 Å². The van der Waals surface area contributed by atoms with E-state index in [4.69, 9.17) is 16.3 Å². The largest absolute Gasteiger partial charge is 0.436 e. The molecule has 2 aromatic heterocycles. The fraction of sp³-hybridized carbons (Fsp3) is 0.222. The molecule has 6 heteroatoms. The molecule has 0 N–H and O–H groups in total. The second kappa shape index (κ2) is 4.27. The molecule has 0 amide bonds. The molecular weight excluding hydrogens is 216 g/mol. The van der Waals surface area contributed by atoms with Gasteiger partial charge in [-0.2, -0.15) is 10.1 Å². The molecule has 2 heterocycles. The quantitative estimate of drug-likeness (QED) is 0.750. The van der Waals surface area contributed by atoms with Gasteiger partial charge in [0.25, 0.3) is 0 Å². The summed E-state index contributed by atoms with van der Waals surface area (Å²) in [5, 5.41) is 4.23. The predicted molar refractivity (Wildman–Crippen MR) is 55.0 cm³/mol. The zero-order valence-corrected chi connectivity index (χ0v) is 8.85. The van der Waals surface area contributed by atoms with E-state index in [9.17, 15) is 0 Å². The molecule has 0 atom stereocenters. The Balaban J connectivity index is 2.14. The van der Waals surface area contributed by atoms with Crippen LogP contribution in [0.2, 0.25) is 5.28 Å². The van der Waals surface area contributed by atoms with E-state index in [1.165, 1.54) is 6.20 Å². The Morgan fingerprint density at radius 3 is 3.07 bits per heavy atom. The standard InChI is InChI=1S/C9H9ClN4O/c1-2-14-6-7(5-12-14)15-8-3-4-11-9(10)13-8/h3-6H,2H2,1H3. The third-order valence-corrected chi connectivity index (χ3v) is 1.94. The van der Waals surface area contributed by atoms with Crippen LogP contribution in [0.15, 0.2) is 24.7 Å². The molecule has 78 valence electrons. The van der Waals surface area contributed by atoms with Crippen LogP contribution in [0, 0.1) is 0 Å². The minimum atomic E-state index is 0.162. The third kappa shape index (κ3) is 2.44. The lowest BCUT2D eigenvalue weighted by Crippen LogP contribution is -1.92. The van der Waals surface area contributed by atoms with E-state index in [1.54, 1.807) is 23.1 Å². The van der Waals surface area contributed by atoms with Crippen LogP contribution in [0.4, 0.5) is 0 Å². The van der Waals surface area contributed by atoms with E-state index in [2.05, 4.69) is 15.1 Å². The molecule has 5 nitrogen and oxygen atoms in total. The van der Waals surface area contributed by atoms with Gasteiger partial charge in [0.1, 0.15) is 0 Å². The lowest BCUT2D eigenvalue weighted by atomic mass is 10.6. The second-order valence-corrected chi connectivity index (χ2v) is 3.14. The number of aromatic nitrogens is 4. The molecule has 0 fully saturated rings. The summed E-state index contributed by atoms with van der Waals surface area (Å²) in [4.78, 5) is 7.65. The van der Waals surface area contributed by atoms with Crippen LogP contribution >= 0.6 is 11.6 Å². The summed E-state index contributed by atoms with van der Waals surface area (Å²) in [7, 11) is 0. The van der Waals surface area contributed by atoms with Gasteiger partial charge in [0.15, 0.2) is 5.75 Å². The highest BCUT2D eigenvalue weighted by molar-refractivity contribution is 6.28. The van der Waals surface area contributed by atoms with Crippen molar-refractivity contribution < 1.29 is 4.74 Å². The summed E-state index contributed by atoms with van der Waals surface area (Å²) in [6.45, 7) is 2.80. The van der Waals surface area contributed by atoms with Gasteiger partial charge < -0.3 is 4.74 Å². The molecular formula is C9H9ClN4O. The fourth-order valence-corrected chi connectivity index (χ4v) is 1.21. The zero-order valence-electron chi connectivity index (χ0n) is 8.09. The molecule has 0 saturated heterocycles. The smallest absolute Gasteiger partial charge is 0.225 e. The average molecular weight is 225 g/mol. The molecule has 0 aliphatic heterocycles. The molecule has 0 aliphatic carbocycles. The van der Waals surface area contributed by atoms with Gasteiger partial charge in [0.05, 0.1) is 12.4 Å². The van der Waals surface area contributed by atoms with Crippen molar-refractivity contribution in [1.29, 1.82) is 0 Å². The molecule has 2 rings (SSSR count).